The molecule has 3 heterocycles. The van der Waals surface area contributed by atoms with Crippen LogP contribution >= 0.6 is 22.7 Å². The van der Waals surface area contributed by atoms with E-state index in [2.05, 4.69) is 83.8 Å². The number of benzene rings is 1. The second-order valence-electron chi connectivity index (χ2n) is 7.08. The van der Waals surface area contributed by atoms with E-state index in [1.54, 1.807) is 22.7 Å². The van der Waals surface area contributed by atoms with Crippen LogP contribution in [0.15, 0.2) is 65.4 Å². The molecule has 4 rings (SSSR count). The lowest BCUT2D eigenvalue weighted by Crippen LogP contribution is -2.04. The van der Waals surface area contributed by atoms with Gasteiger partial charge in [0.2, 0.25) is 0 Å². The highest BCUT2D eigenvalue weighted by Gasteiger charge is 2.29. The number of aromatic nitrogens is 1. The maximum Gasteiger partial charge on any atom is 0.188 e. The highest BCUT2D eigenvalue weighted by atomic mass is 32.1. The summed E-state index contributed by atoms with van der Waals surface area (Å²) in [5, 5.41) is 4.24. The van der Waals surface area contributed by atoms with E-state index in [1.165, 1.54) is 15.3 Å². The lowest BCUT2D eigenvalue weighted by Gasteiger charge is -2.13. The molecule has 0 aliphatic carbocycles. The van der Waals surface area contributed by atoms with Gasteiger partial charge in [-0.25, -0.2) is 0 Å². The molecular formula is C25H27NO2S2. The van der Waals surface area contributed by atoms with Gasteiger partial charge in [0, 0.05) is 6.54 Å². The fourth-order valence-corrected chi connectivity index (χ4v) is 5.04. The summed E-state index contributed by atoms with van der Waals surface area (Å²) in [4.78, 5) is 2.39. The molecule has 5 heteroatoms. The summed E-state index contributed by atoms with van der Waals surface area (Å²) in [5.41, 5.74) is 3.47. The second kappa shape index (κ2) is 10.0. The zero-order chi connectivity index (χ0) is 20.8. The first-order chi connectivity index (χ1) is 14.8. The van der Waals surface area contributed by atoms with Crippen molar-refractivity contribution in [3.8, 4) is 32.6 Å². The monoisotopic (exact) mass is 437 g/mol. The Kier molecular flexibility index (Phi) is 6.92. The molecule has 0 radical (unpaired) electrons. The Labute approximate surface area is 186 Å². The lowest BCUT2D eigenvalue weighted by molar-refractivity contribution is 0.272. The van der Waals surface area contributed by atoms with Crippen molar-refractivity contribution in [3.63, 3.8) is 0 Å². The number of rotatable bonds is 10. The third kappa shape index (κ3) is 4.32. The standard InChI is InChI=1S/C25H27NO2S2/c1-3-14-27-24-22(20-12-8-16-29-20)26(18-19-10-6-5-7-11-19)23(21-13-9-17-30-21)25(24)28-15-4-2/h5-13,16-17H,3-4,14-15,18H2,1-2H3. The van der Waals surface area contributed by atoms with Gasteiger partial charge in [-0.2, -0.15) is 0 Å². The zero-order valence-electron chi connectivity index (χ0n) is 17.5. The van der Waals surface area contributed by atoms with E-state index in [0.717, 1.165) is 42.3 Å². The Morgan fingerprint density at radius 2 is 1.23 bits per heavy atom. The van der Waals surface area contributed by atoms with E-state index in [4.69, 9.17) is 9.47 Å². The van der Waals surface area contributed by atoms with Gasteiger partial charge in [0.1, 0.15) is 11.4 Å². The zero-order valence-corrected chi connectivity index (χ0v) is 19.1. The molecule has 0 atom stereocenters. The Bertz CT molecular complexity index is 971. The average Bonchev–Trinajstić information content (AvgIpc) is 3.52. The number of nitrogens with zero attached hydrogens (tertiary/aromatic N) is 1. The van der Waals surface area contributed by atoms with Crippen LogP contribution in [0.3, 0.4) is 0 Å². The van der Waals surface area contributed by atoms with Crippen LogP contribution in [0.4, 0.5) is 0 Å². The van der Waals surface area contributed by atoms with Gasteiger partial charge in [0.15, 0.2) is 11.5 Å². The molecule has 3 aromatic heterocycles. The van der Waals surface area contributed by atoms with Crippen molar-refractivity contribution in [2.45, 2.75) is 33.2 Å². The topological polar surface area (TPSA) is 23.4 Å². The van der Waals surface area contributed by atoms with E-state index >= 15 is 0 Å². The molecule has 0 spiro atoms. The highest BCUT2D eigenvalue weighted by molar-refractivity contribution is 7.14. The maximum atomic E-state index is 6.36. The second-order valence-corrected chi connectivity index (χ2v) is 8.97. The number of ether oxygens (including phenoxy) is 2. The molecule has 0 saturated carbocycles. The molecule has 0 bridgehead atoms. The molecule has 0 unspecified atom stereocenters. The van der Waals surface area contributed by atoms with Crippen LogP contribution in [-0.4, -0.2) is 17.8 Å². The summed E-state index contributed by atoms with van der Waals surface area (Å²) in [6.45, 7) is 6.37. The molecule has 0 saturated heterocycles. The summed E-state index contributed by atoms with van der Waals surface area (Å²) < 4.78 is 15.1. The molecule has 156 valence electrons. The first kappa shape index (κ1) is 20.8. The van der Waals surface area contributed by atoms with Crippen LogP contribution in [0.5, 0.6) is 11.5 Å². The van der Waals surface area contributed by atoms with E-state index < -0.39 is 0 Å². The van der Waals surface area contributed by atoms with Crippen LogP contribution in [0.25, 0.3) is 21.1 Å². The van der Waals surface area contributed by atoms with Gasteiger partial charge in [0.05, 0.1) is 23.0 Å². The fraction of sp³-hybridized carbons (Fsp3) is 0.280. The molecule has 0 amide bonds. The van der Waals surface area contributed by atoms with Gasteiger partial charge < -0.3 is 14.0 Å². The minimum Gasteiger partial charge on any atom is -0.488 e. The minimum atomic E-state index is 0.667. The van der Waals surface area contributed by atoms with Crippen LogP contribution in [0.2, 0.25) is 0 Å². The molecule has 4 aromatic rings. The average molecular weight is 438 g/mol. The van der Waals surface area contributed by atoms with Gasteiger partial charge in [-0.3, -0.25) is 0 Å². The first-order valence-electron chi connectivity index (χ1n) is 10.5. The fourth-order valence-electron chi connectivity index (χ4n) is 3.49. The van der Waals surface area contributed by atoms with Gasteiger partial charge in [-0.15, -0.1) is 22.7 Å². The Balaban J connectivity index is 1.97. The van der Waals surface area contributed by atoms with Crippen LogP contribution < -0.4 is 9.47 Å². The number of hydrogen-bond acceptors (Lipinski definition) is 4. The number of thiophene rings is 2. The molecular weight excluding hydrogens is 410 g/mol. The molecule has 0 fully saturated rings. The van der Waals surface area contributed by atoms with E-state index in [0.29, 0.717) is 13.2 Å². The van der Waals surface area contributed by atoms with Crippen LogP contribution in [-0.2, 0) is 6.54 Å². The van der Waals surface area contributed by atoms with Crippen LogP contribution in [0.1, 0.15) is 32.3 Å². The van der Waals surface area contributed by atoms with Gasteiger partial charge in [0.25, 0.3) is 0 Å². The SMILES string of the molecule is CCCOc1c(OCCC)c(-c2cccs2)n(Cc2ccccc2)c1-c1cccs1. The van der Waals surface area contributed by atoms with Crippen molar-refractivity contribution in [2.24, 2.45) is 0 Å². The Morgan fingerprint density at radius 3 is 1.67 bits per heavy atom. The summed E-state index contributed by atoms with van der Waals surface area (Å²) in [6.07, 6.45) is 1.91. The normalized spacial score (nSPS) is 11.0. The largest absolute Gasteiger partial charge is 0.488 e. The predicted octanol–water partition coefficient (Wildman–Crippen LogP) is 7.57. The van der Waals surface area contributed by atoms with Crippen molar-refractivity contribution in [1.29, 1.82) is 0 Å². The molecule has 1 aromatic carbocycles. The predicted molar refractivity (Wildman–Crippen MR) is 128 cm³/mol. The summed E-state index contributed by atoms with van der Waals surface area (Å²) in [6, 6.07) is 19.1. The lowest BCUT2D eigenvalue weighted by atomic mass is 10.2. The highest BCUT2D eigenvalue weighted by Crippen LogP contribution is 2.50. The molecule has 0 N–H and O–H groups in total. The first-order valence-corrected chi connectivity index (χ1v) is 12.2. The molecule has 0 aliphatic heterocycles. The molecule has 3 nitrogen and oxygen atoms in total. The van der Waals surface area contributed by atoms with Gasteiger partial charge >= 0.3 is 0 Å². The number of hydrogen-bond donors (Lipinski definition) is 0. The van der Waals surface area contributed by atoms with E-state index in [-0.39, 0.29) is 0 Å². The van der Waals surface area contributed by atoms with Crippen molar-refractivity contribution in [3.05, 3.63) is 70.9 Å². The van der Waals surface area contributed by atoms with E-state index in [1.807, 2.05) is 0 Å². The summed E-state index contributed by atoms with van der Waals surface area (Å²) in [5.74, 6) is 1.74. The quantitative estimate of drug-likeness (QED) is 0.255. The van der Waals surface area contributed by atoms with Crippen molar-refractivity contribution < 1.29 is 9.47 Å². The van der Waals surface area contributed by atoms with Gasteiger partial charge in [-0.05, 0) is 41.3 Å². The van der Waals surface area contributed by atoms with Crippen molar-refractivity contribution >= 4 is 22.7 Å². The summed E-state index contributed by atoms with van der Waals surface area (Å²) >= 11 is 3.48. The van der Waals surface area contributed by atoms with E-state index in [9.17, 15) is 0 Å². The van der Waals surface area contributed by atoms with Gasteiger partial charge in [-0.1, -0.05) is 56.3 Å². The maximum absolute atomic E-state index is 6.36. The van der Waals surface area contributed by atoms with Crippen LogP contribution in [0, 0.1) is 0 Å². The Morgan fingerprint density at radius 1 is 0.700 bits per heavy atom. The Hall–Kier alpha value is -2.50. The minimum absolute atomic E-state index is 0.667. The van der Waals surface area contributed by atoms with Crippen molar-refractivity contribution in [1.82, 2.24) is 4.57 Å². The smallest absolute Gasteiger partial charge is 0.188 e. The molecule has 30 heavy (non-hydrogen) atoms. The van der Waals surface area contributed by atoms with Crippen molar-refractivity contribution in [2.75, 3.05) is 13.2 Å². The third-order valence-corrected chi connectivity index (χ3v) is 6.52. The summed E-state index contributed by atoms with van der Waals surface area (Å²) in [7, 11) is 0. The third-order valence-electron chi connectivity index (χ3n) is 4.77. The molecule has 0 aliphatic rings.